The molecule has 2 unspecified atom stereocenters. The first-order valence-corrected chi connectivity index (χ1v) is 7.72. The summed E-state index contributed by atoms with van der Waals surface area (Å²) in [5, 5.41) is 13.7. The number of rotatable bonds is 4. The predicted octanol–water partition coefficient (Wildman–Crippen LogP) is 2.53. The molecule has 1 aromatic carbocycles. The zero-order chi connectivity index (χ0) is 15.4. The van der Waals surface area contributed by atoms with Crippen molar-refractivity contribution in [1.29, 1.82) is 0 Å². The van der Waals surface area contributed by atoms with E-state index in [1.807, 2.05) is 30.3 Å². The van der Waals surface area contributed by atoms with Crippen LogP contribution in [0.4, 0.5) is 0 Å². The number of amides is 1. The summed E-state index contributed by atoms with van der Waals surface area (Å²) in [6.45, 7) is 0.540. The summed E-state index contributed by atoms with van der Waals surface area (Å²) in [5.74, 6) is 0.0589. The van der Waals surface area contributed by atoms with Crippen LogP contribution in [0.5, 0.6) is 0 Å². The number of nitrogens with zero attached hydrogens (tertiary/aromatic N) is 1. The van der Waals surface area contributed by atoms with Crippen LogP contribution in [-0.4, -0.2) is 28.6 Å². The van der Waals surface area contributed by atoms with Gasteiger partial charge in [0.1, 0.15) is 0 Å². The van der Waals surface area contributed by atoms with Gasteiger partial charge in [-0.1, -0.05) is 30.7 Å². The molecule has 1 heterocycles. The third kappa shape index (κ3) is 3.34. The molecule has 2 N–H and O–H groups in total. The highest BCUT2D eigenvalue weighted by Gasteiger charge is 2.24. The van der Waals surface area contributed by atoms with Gasteiger partial charge in [-0.2, -0.15) is 0 Å². The van der Waals surface area contributed by atoms with E-state index >= 15 is 0 Å². The summed E-state index contributed by atoms with van der Waals surface area (Å²) < 4.78 is 0. The van der Waals surface area contributed by atoms with Crippen molar-refractivity contribution in [2.75, 3.05) is 6.54 Å². The topological polar surface area (TPSA) is 62.2 Å². The molecule has 0 spiro atoms. The molecule has 0 bridgehead atoms. The number of aliphatic hydroxyl groups is 1. The van der Waals surface area contributed by atoms with E-state index in [1.165, 1.54) is 6.08 Å². The van der Waals surface area contributed by atoms with Crippen molar-refractivity contribution in [3.63, 3.8) is 0 Å². The Balaban J connectivity index is 1.64. The maximum atomic E-state index is 11.9. The molecular formula is C18H20N2O2. The van der Waals surface area contributed by atoms with Crippen LogP contribution in [0.15, 0.2) is 42.6 Å². The van der Waals surface area contributed by atoms with Gasteiger partial charge in [-0.05, 0) is 25.0 Å². The van der Waals surface area contributed by atoms with Gasteiger partial charge in [0.05, 0.1) is 11.6 Å². The Bertz CT molecular complexity index is 691. The Hall–Kier alpha value is -2.20. The van der Waals surface area contributed by atoms with E-state index in [0.29, 0.717) is 6.54 Å². The minimum absolute atomic E-state index is 0.132. The van der Waals surface area contributed by atoms with Crippen LogP contribution in [0.3, 0.4) is 0 Å². The van der Waals surface area contributed by atoms with Crippen molar-refractivity contribution in [1.82, 2.24) is 10.3 Å². The third-order valence-electron chi connectivity index (χ3n) is 4.24. The second-order valence-corrected chi connectivity index (χ2v) is 5.76. The molecule has 114 valence electrons. The number of para-hydroxylation sites is 1. The van der Waals surface area contributed by atoms with E-state index in [2.05, 4.69) is 10.3 Å². The van der Waals surface area contributed by atoms with Crippen LogP contribution in [0.1, 0.15) is 24.8 Å². The number of hydrogen-bond donors (Lipinski definition) is 2. The lowest BCUT2D eigenvalue weighted by atomic mass is 10.1. The van der Waals surface area contributed by atoms with E-state index in [9.17, 15) is 9.90 Å². The molecule has 0 saturated heterocycles. The largest absolute Gasteiger partial charge is 0.393 e. The van der Waals surface area contributed by atoms with Crippen molar-refractivity contribution in [2.45, 2.75) is 25.4 Å². The number of aliphatic hydroxyl groups excluding tert-OH is 1. The molecule has 1 aliphatic rings. The van der Waals surface area contributed by atoms with E-state index in [1.54, 1.807) is 12.3 Å². The monoisotopic (exact) mass is 296 g/mol. The Kier molecular flexibility index (Phi) is 4.49. The quantitative estimate of drug-likeness (QED) is 0.852. The molecule has 2 atom stereocenters. The number of carbonyl (C=O) groups is 1. The zero-order valence-corrected chi connectivity index (χ0v) is 12.4. The standard InChI is InChI=1S/C18H20N2O2/c21-16-8-2-6-15(16)12-20-17(22)10-9-14-5-1-4-13-7-3-11-19-18(13)14/h1,3-5,7,9-11,15-16,21H,2,6,8,12H2,(H,20,22). The van der Waals surface area contributed by atoms with Gasteiger partial charge in [0.2, 0.25) is 5.91 Å². The van der Waals surface area contributed by atoms with Crippen LogP contribution in [0.2, 0.25) is 0 Å². The van der Waals surface area contributed by atoms with Crippen LogP contribution in [0, 0.1) is 5.92 Å². The SMILES string of the molecule is O=C(C=Cc1cccc2cccnc12)NCC1CCCC1O. The molecule has 2 aromatic rings. The number of carbonyl (C=O) groups excluding carboxylic acids is 1. The maximum absolute atomic E-state index is 11.9. The smallest absolute Gasteiger partial charge is 0.244 e. The van der Waals surface area contributed by atoms with E-state index in [4.69, 9.17) is 0 Å². The lowest BCUT2D eigenvalue weighted by Gasteiger charge is -2.14. The van der Waals surface area contributed by atoms with E-state index < -0.39 is 0 Å². The number of aromatic nitrogens is 1. The Labute approximate surface area is 129 Å². The molecule has 3 rings (SSSR count). The molecule has 4 nitrogen and oxygen atoms in total. The molecule has 1 saturated carbocycles. The molecule has 22 heavy (non-hydrogen) atoms. The zero-order valence-electron chi connectivity index (χ0n) is 12.4. The minimum Gasteiger partial charge on any atom is -0.393 e. The van der Waals surface area contributed by atoms with E-state index in [0.717, 1.165) is 35.7 Å². The van der Waals surface area contributed by atoms with Gasteiger partial charge < -0.3 is 10.4 Å². The molecule has 0 radical (unpaired) electrons. The maximum Gasteiger partial charge on any atom is 0.244 e. The molecule has 0 aliphatic heterocycles. The van der Waals surface area contributed by atoms with Crippen molar-refractivity contribution in [3.05, 3.63) is 48.2 Å². The van der Waals surface area contributed by atoms with Crippen molar-refractivity contribution in [3.8, 4) is 0 Å². The van der Waals surface area contributed by atoms with Gasteiger partial charge in [-0.15, -0.1) is 0 Å². The number of nitrogens with one attached hydrogen (secondary N) is 1. The number of pyridine rings is 1. The highest BCUT2D eigenvalue weighted by molar-refractivity contribution is 5.95. The Morgan fingerprint density at radius 3 is 3.00 bits per heavy atom. The van der Waals surface area contributed by atoms with Crippen LogP contribution >= 0.6 is 0 Å². The minimum atomic E-state index is -0.272. The van der Waals surface area contributed by atoms with Crippen LogP contribution in [-0.2, 0) is 4.79 Å². The van der Waals surface area contributed by atoms with Crippen molar-refractivity contribution < 1.29 is 9.90 Å². The lowest BCUT2D eigenvalue weighted by molar-refractivity contribution is -0.116. The summed E-state index contributed by atoms with van der Waals surface area (Å²) >= 11 is 0. The van der Waals surface area contributed by atoms with Crippen LogP contribution < -0.4 is 5.32 Å². The molecule has 1 aliphatic carbocycles. The van der Waals surface area contributed by atoms with Crippen molar-refractivity contribution in [2.24, 2.45) is 5.92 Å². The fraction of sp³-hybridized carbons (Fsp3) is 0.333. The highest BCUT2D eigenvalue weighted by Crippen LogP contribution is 2.24. The number of fused-ring (bicyclic) bond motifs is 1. The highest BCUT2D eigenvalue weighted by atomic mass is 16.3. The second kappa shape index (κ2) is 6.71. The first-order valence-electron chi connectivity index (χ1n) is 7.72. The van der Waals surface area contributed by atoms with Crippen LogP contribution in [0.25, 0.3) is 17.0 Å². The molecular weight excluding hydrogens is 276 g/mol. The normalized spacial score (nSPS) is 21.5. The Morgan fingerprint density at radius 1 is 1.32 bits per heavy atom. The number of hydrogen-bond acceptors (Lipinski definition) is 3. The van der Waals surface area contributed by atoms with Gasteiger partial charge in [-0.3, -0.25) is 9.78 Å². The van der Waals surface area contributed by atoms with Gasteiger partial charge >= 0.3 is 0 Å². The molecule has 4 heteroatoms. The lowest BCUT2D eigenvalue weighted by Crippen LogP contribution is -2.31. The molecule has 1 amide bonds. The summed E-state index contributed by atoms with van der Waals surface area (Å²) in [7, 11) is 0. The van der Waals surface area contributed by atoms with Gasteiger partial charge in [0.15, 0.2) is 0 Å². The summed E-state index contributed by atoms with van der Waals surface area (Å²) in [5.41, 5.74) is 1.81. The van der Waals surface area contributed by atoms with E-state index in [-0.39, 0.29) is 17.9 Å². The second-order valence-electron chi connectivity index (χ2n) is 5.76. The van der Waals surface area contributed by atoms with Gasteiger partial charge in [-0.25, -0.2) is 0 Å². The van der Waals surface area contributed by atoms with Gasteiger partial charge in [0, 0.05) is 35.7 Å². The first kappa shape index (κ1) is 14.7. The summed E-state index contributed by atoms with van der Waals surface area (Å²) in [4.78, 5) is 16.3. The fourth-order valence-electron chi connectivity index (χ4n) is 2.97. The average molecular weight is 296 g/mol. The Morgan fingerprint density at radius 2 is 2.18 bits per heavy atom. The molecule has 1 fully saturated rings. The third-order valence-corrected chi connectivity index (χ3v) is 4.24. The summed E-state index contributed by atoms with van der Waals surface area (Å²) in [6, 6.07) is 9.80. The molecule has 1 aromatic heterocycles. The predicted molar refractivity (Wildman–Crippen MR) is 87.1 cm³/mol. The average Bonchev–Trinajstić information content (AvgIpc) is 2.96. The first-order chi connectivity index (χ1) is 10.7. The van der Waals surface area contributed by atoms with Crippen molar-refractivity contribution >= 4 is 22.9 Å². The summed E-state index contributed by atoms with van der Waals surface area (Å²) in [6.07, 6.45) is 7.67. The number of benzene rings is 1. The fourth-order valence-corrected chi connectivity index (χ4v) is 2.97. The van der Waals surface area contributed by atoms with Gasteiger partial charge in [0.25, 0.3) is 0 Å².